The van der Waals surface area contributed by atoms with E-state index in [1.54, 1.807) is 0 Å². The molecule has 0 aromatic heterocycles. The average molecular weight is 353 g/mol. The molecule has 0 aromatic carbocycles. The quantitative estimate of drug-likeness (QED) is 0.336. The summed E-state index contributed by atoms with van der Waals surface area (Å²) in [5.41, 5.74) is 0.969. The first-order valence-corrected chi connectivity index (χ1v) is 13.3. The first-order valence-electron chi connectivity index (χ1n) is 6.09. The van der Waals surface area contributed by atoms with Crippen LogP contribution in [0.25, 0.3) is 0 Å². The summed E-state index contributed by atoms with van der Waals surface area (Å²) >= 11 is 23.9. The van der Waals surface area contributed by atoms with E-state index in [0.717, 1.165) is 38.8 Å². The molecule has 7 heteroatoms. The summed E-state index contributed by atoms with van der Waals surface area (Å²) in [6.07, 6.45) is 4.26. The predicted molar refractivity (Wildman–Crippen MR) is 85.1 cm³/mol. The van der Waals surface area contributed by atoms with Crippen molar-refractivity contribution in [3.8, 4) is 0 Å². The second kappa shape index (κ2) is 11.4. The number of nitrogens with one attached hydrogen (secondary N) is 1. The highest BCUT2D eigenvalue weighted by Gasteiger charge is 2.19. The lowest BCUT2D eigenvalue weighted by atomic mass is 10.2. The summed E-state index contributed by atoms with van der Waals surface area (Å²) in [6.45, 7) is 6.25. The van der Waals surface area contributed by atoms with Crippen molar-refractivity contribution in [2.24, 2.45) is 0 Å². The fourth-order valence-electron chi connectivity index (χ4n) is 1.61. The summed E-state index contributed by atoms with van der Waals surface area (Å²) < 4.78 is 0. The van der Waals surface area contributed by atoms with Crippen molar-refractivity contribution in [3.05, 3.63) is 0 Å². The Morgan fingerprint density at radius 3 is 1.41 bits per heavy atom. The Kier molecular flexibility index (Phi) is 12.4. The Morgan fingerprint density at radius 2 is 1.18 bits per heavy atom. The monoisotopic (exact) mass is 351 g/mol. The van der Waals surface area contributed by atoms with Crippen LogP contribution in [0.5, 0.6) is 0 Å². The van der Waals surface area contributed by atoms with Crippen LogP contribution in [0.1, 0.15) is 39.5 Å². The maximum absolute atomic E-state index is 5.98. The molecule has 0 spiro atoms. The fraction of sp³-hybridized carbons (Fsp3) is 1.00. The maximum atomic E-state index is 5.98. The molecule has 0 aliphatic heterocycles. The van der Waals surface area contributed by atoms with Crippen LogP contribution in [0.3, 0.4) is 0 Å². The van der Waals surface area contributed by atoms with Crippen LogP contribution in [0.4, 0.5) is 0 Å². The van der Waals surface area contributed by atoms with Crippen molar-refractivity contribution in [2.75, 3.05) is 13.1 Å². The van der Waals surface area contributed by atoms with Gasteiger partial charge in [-0.25, -0.2) is 0 Å². The molecule has 102 valence electrons. The van der Waals surface area contributed by atoms with Gasteiger partial charge in [0.05, 0.1) is 0 Å². The predicted octanol–water partition coefficient (Wildman–Crippen LogP) is 4.85. The first-order chi connectivity index (χ1) is 8.02. The molecule has 2 atom stereocenters. The minimum Gasteiger partial charge on any atom is -0.317 e. The smallest absolute Gasteiger partial charge is 0.277 e. The molecule has 0 rings (SSSR count). The molecule has 0 heterocycles. The molecular weight excluding hydrogens is 332 g/mol. The molecule has 0 aliphatic rings. The van der Waals surface area contributed by atoms with Gasteiger partial charge in [-0.1, -0.05) is 26.7 Å². The zero-order chi connectivity index (χ0) is 13.3. The molecule has 0 bridgehead atoms. The molecular formula is C10H21Cl4NSi2. The topological polar surface area (TPSA) is 12.0 Å². The molecule has 1 nitrogen and oxygen atoms in total. The van der Waals surface area contributed by atoms with Crippen LogP contribution in [-0.2, 0) is 0 Å². The zero-order valence-corrected chi connectivity index (χ0v) is 15.4. The second-order valence-electron chi connectivity index (χ2n) is 4.12. The molecule has 0 saturated heterocycles. The van der Waals surface area contributed by atoms with Gasteiger partial charge in [0.1, 0.15) is 0 Å². The largest absolute Gasteiger partial charge is 0.317 e. The minimum absolute atomic E-state index is 0.485. The average Bonchev–Trinajstić information content (AvgIpc) is 2.27. The maximum Gasteiger partial charge on any atom is 0.277 e. The van der Waals surface area contributed by atoms with Crippen LogP contribution in [-0.4, -0.2) is 27.9 Å². The van der Waals surface area contributed by atoms with E-state index in [-0.39, 0.29) is 0 Å². The van der Waals surface area contributed by atoms with E-state index in [4.69, 9.17) is 44.3 Å². The summed E-state index contributed by atoms with van der Waals surface area (Å²) in [4.78, 5) is 0. The number of hydrogen-bond acceptors (Lipinski definition) is 1. The fourth-order valence-corrected chi connectivity index (χ4v) is 6.12. The Bertz CT molecular complexity index is 166. The van der Waals surface area contributed by atoms with Crippen LogP contribution in [0, 0.1) is 0 Å². The van der Waals surface area contributed by atoms with Gasteiger partial charge in [-0.2, -0.15) is 0 Å². The van der Waals surface area contributed by atoms with Crippen molar-refractivity contribution in [1.82, 2.24) is 5.32 Å². The molecule has 0 saturated carbocycles. The van der Waals surface area contributed by atoms with E-state index in [1.807, 2.05) is 0 Å². The van der Waals surface area contributed by atoms with Gasteiger partial charge in [0.15, 0.2) is 0 Å². The Hall–Kier alpha value is 1.55. The summed E-state index contributed by atoms with van der Waals surface area (Å²) in [6, 6.07) is 0. The lowest BCUT2D eigenvalue weighted by Crippen LogP contribution is -2.22. The molecule has 17 heavy (non-hydrogen) atoms. The van der Waals surface area contributed by atoms with Crippen molar-refractivity contribution < 1.29 is 0 Å². The highest BCUT2D eigenvalue weighted by Crippen LogP contribution is 2.25. The molecule has 1 N–H and O–H groups in total. The lowest BCUT2D eigenvalue weighted by molar-refractivity contribution is 0.580. The van der Waals surface area contributed by atoms with Gasteiger partial charge >= 0.3 is 0 Å². The number of hydrogen-bond donors (Lipinski definition) is 1. The van der Waals surface area contributed by atoms with Crippen molar-refractivity contribution >= 4 is 59.1 Å². The van der Waals surface area contributed by atoms with E-state index in [9.17, 15) is 0 Å². The Morgan fingerprint density at radius 1 is 0.824 bits per heavy atom. The van der Waals surface area contributed by atoms with E-state index in [0.29, 0.717) is 11.1 Å². The third-order valence-corrected chi connectivity index (χ3v) is 9.27. The Labute approximate surface area is 128 Å². The van der Waals surface area contributed by atoms with Gasteiger partial charge in [-0.05, 0) is 37.0 Å². The van der Waals surface area contributed by atoms with Crippen LogP contribution in [0.15, 0.2) is 0 Å². The van der Waals surface area contributed by atoms with E-state index < -0.39 is 14.8 Å². The number of rotatable bonds is 10. The molecule has 2 unspecified atom stereocenters. The van der Waals surface area contributed by atoms with E-state index in [1.165, 1.54) is 0 Å². The standard InChI is InChI=1S/C10H21Cl4NSi2/c1-3-9(16(11)12)5-7-15-8-6-10(4-2)17(13)14/h9-10,15H,3-8H2,1-2H3. The zero-order valence-electron chi connectivity index (χ0n) is 10.4. The lowest BCUT2D eigenvalue weighted by Gasteiger charge is -2.16. The van der Waals surface area contributed by atoms with Gasteiger partial charge < -0.3 is 5.32 Å². The van der Waals surface area contributed by atoms with Crippen LogP contribution < -0.4 is 5.32 Å². The summed E-state index contributed by atoms with van der Waals surface area (Å²) in [5.74, 6) is 0. The first kappa shape index (κ1) is 18.6. The highest BCUT2D eigenvalue weighted by atomic mass is 35.7. The van der Waals surface area contributed by atoms with Gasteiger partial charge in [-0.3, -0.25) is 0 Å². The van der Waals surface area contributed by atoms with Gasteiger partial charge in [0, 0.05) is 0 Å². The molecule has 0 aliphatic carbocycles. The second-order valence-corrected chi connectivity index (χ2v) is 13.0. The van der Waals surface area contributed by atoms with Crippen LogP contribution in [0.2, 0.25) is 11.1 Å². The van der Waals surface area contributed by atoms with Gasteiger partial charge in [0.25, 0.3) is 14.8 Å². The van der Waals surface area contributed by atoms with E-state index >= 15 is 0 Å². The minimum atomic E-state index is -1.18. The molecule has 2 radical (unpaired) electrons. The summed E-state index contributed by atoms with van der Waals surface area (Å²) in [5, 5.41) is 3.42. The molecule has 0 amide bonds. The van der Waals surface area contributed by atoms with Crippen molar-refractivity contribution in [3.63, 3.8) is 0 Å². The van der Waals surface area contributed by atoms with Gasteiger partial charge in [-0.15, -0.1) is 44.3 Å². The van der Waals surface area contributed by atoms with Crippen molar-refractivity contribution in [1.29, 1.82) is 0 Å². The van der Waals surface area contributed by atoms with Gasteiger partial charge in [0.2, 0.25) is 0 Å². The highest BCUT2D eigenvalue weighted by molar-refractivity contribution is 7.34. The van der Waals surface area contributed by atoms with E-state index in [2.05, 4.69) is 19.2 Å². The SMILES string of the molecule is CCC(CCNCCC(CC)[Si](Cl)Cl)[Si](Cl)Cl. The normalized spacial score (nSPS) is 15.5. The third kappa shape index (κ3) is 9.14. The van der Waals surface area contributed by atoms with Crippen molar-refractivity contribution in [2.45, 2.75) is 50.6 Å². The third-order valence-electron chi connectivity index (χ3n) is 2.94. The summed E-state index contributed by atoms with van der Waals surface area (Å²) in [7, 11) is -2.36. The number of halogens is 4. The molecule has 0 aromatic rings. The Balaban J connectivity index is 3.57. The molecule has 0 fully saturated rings. The van der Waals surface area contributed by atoms with Crippen LogP contribution >= 0.6 is 44.3 Å².